The number of benzene rings is 3. The molecule has 8 nitrogen and oxygen atoms in total. The molecule has 0 radical (unpaired) electrons. The second-order valence-electron chi connectivity index (χ2n) is 6.74. The lowest BCUT2D eigenvalue weighted by Gasteiger charge is -2.05. The van der Waals surface area contributed by atoms with Gasteiger partial charge in [0.15, 0.2) is 13.2 Å². The first-order valence-electron chi connectivity index (χ1n) is 9.98. The maximum absolute atomic E-state index is 11.8. The number of carbonyl (C=O) groups is 2. The quantitative estimate of drug-likeness (QED) is 0.325. The van der Waals surface area contributed by atoms with E-state index in [1.165, 1.54) is 12.4 Å². The highest BCUT2D eigenvalue weighted by Gasteiger charge is 2.02. The normalized spacial score (nSPS) is 10.9. The highest BCUT2D eigenvalue weighted by molar-refractivity contribution is 6.30. The summed E-state index contributed by atoms with van der Waals surface area (Å²) in [6.45, 7) is -0.352. The fraction of sp³-hybridized carbons (Fsp3) is 0.0833. The van der Waals surface area contributed by atoms with Crippen molar-refractivity contribution in [3.8, 4) is 11.5 Å². The van der Waals surface area contributed by atoms with E-state index in [9.17, 15) is 9.59 Å². The van der Waals surface area contributed by atoms with Crippen molar-refractivity contribution in [3.63, 3.8) is 0 Å². The number of nitrogens with one attached hydrogen (secondary N) is 2. The molecule has 0 aliphatic heterocycles. The van der Waals surface area contributed by atoms with Gasteiger partial charge in [0.1, 0.15) is 11.5 Å². The van der Waals surface area contributed by atoms with Crippen LogP contribution in [0.3, 0.4) is 0 Å². The maximum atomic E-state index is 11.8. The number of ether oxygens (including phenoxy) is 2. The van der Waals surface area contributed by atoms with Gasteiger partial charge in [0, 0.05) is 10.0 Å². The van der Waals surface area contributed by atoms with Gasteiger partial charge in [-0.05, 0) is 59.7 Å². The van der Waals surface area contributed by atoms with Gasteiger partial charge in [0.05, 0.1) is 12.4 Å². The van der Waals surface area contributed by atoms with E-state index >= 15 is 0 Å². The molecule has 0 aliphatic rings. The van der Waals surface area contributed by atoms with Crippen LogP contribution < -0.4 is 20.3 Å². The summed E-state index contributed by atoms with van der Waals surface area (Å²) in [5, 5.41) is 8.96. The fourth-order valence-corrected chi connectivity index (χ4v) is 2.70. The molecule has 0 aliphatic carbocycles. The zero-order chi connectivity index (χ0) is 24.2. The maximum Gasteiger partial charge on any atom is 0.277 e. The van der Waals surface area contributed by atoms with E-state index in [1.807, 2.05) is 0 Å². The summed E-state index contributed by atoms with van der Waals surface area (Å²) in [5.41, 5.74) is 6.30. The smallest absolute Gasteiger partial charge is 0.277 e. The molecule has 0 aromatic heterocycles. The molecule has 2 amide bonds. The Labute approximate surface area is 206 Å². The van der Waals surface area contributed by atoms with Crippen LogP contribution in [0.4, 0.5) is 0 Å². The van der Waals surface area contributed by atoms with Crippen LogP contribution in [0.5, 0.6) is 11.5 Å². The van der Waals surface area contributed by atoms with Crippen molar-refractivity contribution < 1.29 is 19.1 Å². The van der Waals surface area contributed by atoms with Crippen molar-refractivity contribution in [2.75, 3.05) is 13.2 Å². The minimum Gasteiger partial charge on any atom is -0.484 e. The van der Waals surface area contributed by atoms with Crippen LogP contribution in [0.2, 0.25) is 10.0 Å². The van der Waals surface area contributed by atoms with Gasteiger partial charge in [0.25, 0.3) is 11.8 Å². The Morgan fingerprint density at radius 2 is 1.00 bits per heavy atom. The number of nitrogens with zero attached hydrogens (tertiary/aromatic N) is 2. The van der Waals surface area contributed by atoms with Crippen molar-refractivity contribution in [3.05, 3.63) is 94.0 Å². The first kappa shape index (κ1) is 24.8. The number of rotatable bonds is 10. The van der Waals surface area contributed by atoms with Gasteiger partial charge in [-0.25, -0.2) is 10.9 Å². The zero-order valence-electron chi connectivity index (χ0n) is 17.8. The van der Waals surface area contributed by atoms with Crippen molar-refractivity contribution in [1.82, 2.24) is 10.9 Å². The summed E-state index contributed by atoms with van der Waals surface area (Å²) in [4.78, 5) is 23.6. The Hall–Kier alpha value is -3.88. The third-order valence-corrected chi connectivity index (χ3v) is 4.61. The lowest BCUT2D eigenvalue weighted by molar-refractivity contribution is -0.123. The van der Waals surface area contributed by atoms with E-state index in [4.69, 9.17) is 32.7 Å². The Morgan fingerprint density at radius 3 is 1.35 bits per heavy atom. The van der Waals surface area contributed by atoms with Crippen LogP contribution in [-0.4, -0.2) is 37.5 Å². The highest BCUT2D eigenvalue weighted by Crippen LogP contribution is 2.16. The molecule has 0 atom stereocenters. The monoisotopic (exact) mass is 498 g/mol. The third-order valence-electron chi connectivity index (χ3n) is 4.11. The van der Waals surface area contributed by atoms with Gasteiger partial charge in [-0.1, -0.05) is 47.5 Å². The largest absolute Gasteiger partial charge is 0.484 e. The molecule has 34 heavy (non-hydrogen) atoms. The second kappa shape index (κ2) is 13.0. The van der Waals surface area contributed by atoms with E-state index in [0.717, 1.165) is 11.1 Å². The van der Waals surface area contributed by atoms with Gasteiger partial charge < -0.3 is 9.47 Å². The second-order valence-corrected chi connectivity index (χ2v) is 7.61. The molecule has 0 heterocycles. The fourth-order valence-electron chi connectivity index (χ4n) is 2.45. The summed E-state index contributed by atoms with van der Waals surface area (Å²) in [5.74, 6) is 0.272. The van der Waals surface area contributed by atoms with Crippen molar-refractivity contribution in [1.29, 1.82) is 0 Å². The van der Waals surface area contributed by atoms with E-state index in [0.29, 0.717) is 21.5 Å². The molecule has 0 fully saturated rings. The summed E-state index contributed by atoms with van der Waals surface area (Å²) < 4.78 is 10.7. The molecular formula is C24H20Cl2N4O4. The Kier molecular flexibility index (Phi) is 9.45. The van der Waals surface area contributed by atoms with Crippen molar-refractivity contribution in [2.45, 2.75) is 0 Å². The molecule has 0 bridgehead atoms. The van der Waals surface area contributed by atoms with Crippen molar-refractivity contribution in [2.24, 2.45) is 10.2 Å². The Morgan fingerprint density at radius 1 is 0.647 bits per heavy atom. The zero-order valence-corrected chi connectivity index (χ0v) is 19.3. The number of amides is 2. The van der Waals surface area contributed by atoms with Gasteiger partial charge >= 0.3 is 0 Å². The minimum absolute atomic E-state index is 0.176. The average molecular weight is 499 g/mol. The number of carbonyl (C=O) groups excluding carboxylic acids is 2. The van der Waals surface area contributed by atoms with Crippen LogP contribution in [0.25, 0.3) is 0 Å². The molecular weight excluding hydrogens is 479 g/mol. The van der Waals surface area contributed by atoms with Crippen LogP contribution in [0, 0.1) is 0 Å². The summed E-state index contributed by atoms with van der Waals surface area (Å²) in [6, 6.07) is 20.5. The molecule has 0 saturated heterocycles. The predicted octanol–water partition coefficient (Wildman–Crippen LogP) is 4.05. The third kappa shape index (κ3) is 8.93. The molecule has 2 N–H and O–H groups in total. The first-order valence-corrected chi connectivity index (χ1v) is 10.7. The summed E-state index contributed by atoms with van der Waals surface area (Å²) >= 11 is 11.6. The van der Waals surface area contributed by atoms with Gasteiger partial charge in [-0.2, -0.15) is 10.2 Å². The summed E-state index contributed by atoms with van der Waals surface area (Å²) in [7, 11) is 0. The van der Waals surface area contributed by atoms with E-state index < -0.39 is 11.8 Å². The molecule has 0 spiro atoms. The van der Waals surface area contributed by atoms with Crippen LogP contribution in [-0.2, 0) is 9.59 Å². The molecule has 174 valence electrons. The number of hydrogen-bond acceptors (Lipinski definition) is 6. The Balaban J connectivity index is 1.36. The van der Waals surface area contributed by atoms with Gasteiger partial charge in [0.2, 0.25) is 0 Å². The van der Waals surface area contributed by atoms with Crippen molar-refractivity contribution >= 4 is 47.4 Å². The van der Waals surface area contributed by atoms with Crippen LogP contribution in [0.1, 0.15) is 11.1 Å². The van der Waals surface area contributed by atoms with Gasteiger partial charge in [-0.3, -0.25) is 9.59 Å². The lowest BCUT2D eigenvalue weighted by atomic mass is 10.2. The van der Waals surface area contributed by atoms with E-state index in [-0.39, 0.29) is 13.2 Å². The SMILES string of the molecule is O=C(COc1ccc(Cl)cc1)N/N=C\c1ccc(/C=N\NC(=O)COc2ccc(Cl)cc2)cc1. The van der Waals surface area contributed by atoms with Crippen LogP contribution in [0.15, 0.2) is 83.0 Å². The van der Waals surface area contributed by atoms with Crippen LogP contribution >= 0.6 is 23.2 Å². The highest BCUT2D eigenvalue weighted by atomic mass is 35.5. The van der Waals surface area contributed by atoms with E-state index in [1.54, 1.807) is 72.8 Å². The molecule has 0 saturated carbocycles. The predicted molar refractivity (Wildman–Crippen MR) is 132 cm³/mol. The molecule has 3 aromatic carbocycles. The standard InChI is InChI=1S/C24H20Cl2N4O4/c25-19-5-9-21(10-6-19)33-15-23(31)29-27-13-17-1-2-18(4-3-17)14-28-30-24(32)16-34-22-11-7-20(26)8-12-22/h1-14H,15-16H2,(H,29,31)(H,30,32)/b27-13-,28-14-. The molecule has 3 rings (SSSR count). The molecule has 3 aromatic rings. The van der Waals surface area contributed by atoms with E-state index in [2.05, 4.69) is 21.1 Å². The number of hydrogen-bond donors (Lipinski definition) is 2. The minimum atomic E-state index is -0.397. The van der Waals surface area contributed by atoms with Gasteiger partial charge in [-0.15, -0.1) is 0 Å². The summed E-state index contributed by atoms with van der Waals surface area (Å²) in [6.07, 6.45) is 2.99. The Bertz CT molecular complexity index is 1060. The molecule has 10 heteroatoms. The average Bonchev–Trinajstić information content (AvgIpc) is 2.84. The first-order chi connectivity index (χ1) is 16.5. The topological polar surface area (TPSA) is 101 Å². The lowest BCUT2D eigenvalue weighted by Crippen LogP contribution is -2.24. The number of halogens is 2. The number of hydrazone groups is 2. The molecule has 0 unspecified atom stereocenters.